The molecular weight excluding hydrogens is 524 g/mol. The lowest BCUT2D eigenvalue weighted by Crippen LogP contribution is -2.49. The number of hydrogen-bond donors (Lipinski definition) is 5. The Kier molecular flexibility index (Phi) is 15.4. The summed E-state index contributed by atoms with van der Waals surface area (Å²) in [4.78, 5) is 12.2. The molecule has 8 N–H and O–H groups in total. The van der Waals surface area contributed by atoms with E-state index >= 15 is 0 Å². The average Bonchev–Trinajstić information content (AvgIpc) is 2.89. The molecule has 4 atom stereocenters. The van der Waals surface area contributed by atoms with Crippen LogP contribution in [0.3, 0.4) is 0 Å². The smallest absolute Gasteiger partial charge is 0.319 e. The van der Waals surface area contributed by atoms with E-state index in [9.17, 15) is 4.79 Å². The standard InChI is InChI=1S/C17H25N3O.C9H9NO.C8H16N2/c1-12-9-13(2)11-14(10-12)19-17(21)20-16-8-6-4-3-5-7-15(16)18;1-7-3-8(2)5-9(4-7)11-6-10;9-7-5-3-1-2-4-6-8(7)10/h3-4,9-11,15-16H,5-8,18H2,1-2H3,(H2,19,20,21);3-5H,1-2H3;1-2,7-8H,3-6,9-10H2/b4-3+;;2-1+/t15-,16+;;7-,8+/m0../s1. The Balaban J connectivity index is 0.000000246. The van der Waals surface area contributed by atoms with Crippen LogP contribution in [-0.2, 0) is 0 Å². The van der Waals surface area contributed by atoms with E-state index in [-0.39, 0.29) is 30.2 Å². The number of nitriles is 1. The number of aryl methyl sites for hydroxylation is 4. The highest BCUT2D eigenvalue weighted by molar-refractivity contribution is 5.89. The Morgan fingerprint density at radius 3 is 1.62 bits per heavy atom. The number of nitrogens with two attached hydrogens (primary N) is 3. The molecule has 0 saturated carbocycles. The molecule has 8 heteroatoms. The maximum atomic E-state index is 12.2. The Bertz CT molecular complexity index is 1160. The lowest BCUT2D eigenvalue weighted by atomic mass is 9.96. The van der Waals surface area contributed by atoms with Crippen molar-refractivity contribution < 1.29 is 9.53 Å². The van der Waals surface area contributed by atoms with Gasteiger partial charge in [-0.05, 0) is 126 Å². The first-order chi connectivity index (χ1) is 20.1. The maximum absolute atomic E-state index is 12.2. The van der Waals surface area contributed by atoms with E-state index in [1.54, 1.807) is 6.26 Å². The summed E-state index contributed by atoms with van der Waals surface area (Å²) in [5.41, 5.74) is 23.1. The number of hydrogen-bond acceptors (Lipinski definition) is 6. The number of anilines is 1. The third-order valence-corrected chi connectivity index (χ3v) is 7.20. The topological polar surface area (TPSA) is 152 Å². The fourth-order valence-electron chi connectivity index (χ4n) is 5.06. The summed E-state index contributed by atoms with van der Waals surface area (Å²) in [6.45, 7) is 7.98. The molecular formula is C34H50N6O2. The molecule has 2 aliphatic rings. The normalized spacial score (nSPS) is 23.3. The number of carbonyl (C=O) groups excluding carboxylic acids is 1. The van der Waals surface area contributed by atoms with E-state index in [2.05, 4.69) is 45.7 Å². The van der Waals surface area contributed by atoms with Crippen LogP contribution < -0.4 is 32.6 Å². The summed E-state index contributed by atoms with van der Waals surface area (Å²) >= 11 is 0. The summed E-state index contributed by atoms with van der Waals surface area (Å²) in [5.74, 6) is 0.616. The van der Waals surface area contributed by atoms with Crippen molar-refractivity contribution in [1.29, 1.82) is 5.26 Å². The second kappa shape index (κ2) is 18.7. The third-order valence-electron chi connectivity index (χ3n) is 7.20. The zero-order chi connectivity index (χ0) is 30.9. The van der Waals surface area contributed by atoms with Gasteiger partial charge in [0, 0.05) is 29.9 Å². The van der Waals surface area contributed by atoms with Crippen molar-refractivity contribution in [3.63, 3.8) is 0 Å². The zero-order valence-corrected chi connectivity index (χ0v) is 25.7. The second-order valence-electron chi connectivity index (χ2n) is 11.3. The minimum absolute atomic E-state index is 0.0138. The lowest BCUT2D eigenvalue weighted by Gasteiger charge is -2.26. The van der Waals surface area contributed by atoms with Crippen LogP contribution in [0.4, 0.5) is 10.5 Å². The Morgan fingerprint density at radius 2 is 1.14 bits per heavy atom. The van der Waals surface area contributed by atoms with Gasteiger partial charge in [-0.25, -0.2) is 4.79 Å². The molecule has 0 radical (unpaired) electrons. The molecule has 0 aliphatic heterocycles. The van der Waals surface area contributed by atoms with Crippen LogP contribution in [0.25, 0.3) is 0 Å². The molecule has 0 unspecified atom stereocenters. The highest BCUT2D eigenvalue weighted by Gasteiger charge is 2.20. The molecule has 2 aromatic rings. The maximum Gasteiger partial charge on any atom is 0.319 e. The average molecular weight is 575 g/mol. The first kappa shape index (κ1) is 34.6. The third kappa shape index (κ3) is 13.8. The van der Waals surface area contributed by atoms with E-state index in [1.165, 1.54) is 0 Å². The van der Waals surface area contributed by atoms with Gasteiger partial charge >= 0.3 is 6.03 Å². The van der Waals surface area contributed by atoms with Crippen LogP contribution in [-0.4, -0.2) is 30.2 Å². The van der Waals surface area contributed by atoms with Gasteiger partial charge in [-0.1, -0.05) is 36.4 Å². The first-order valence-electron chi connectivity index (χ1n) is 14.9. The van der Waals surface area contributed by atoms with Crippen molar-refractivity contribution in [2.75, 3.05) is 5.32 Å². The Labute approximate surface area is 252 Å². The van der Waals surface area contributed by atoms with Gasteiger partial charge in [0.15, 0.2) is 0 Å². The number of amides is 2. The molecule has 0 aromatic heterocycles. The Hall–Kier alpha value is -3.64. The lowest BCUT2D eigenvalue weighted by molar-refractivity contribution is 0.244. The highest BCUT2D eigenvalue weighted by Crippen LogP contribution is 2.16. The fraction of sp³-hybridized carbons (Fsp3) is 0.471. The largest absolute Gasteiger partial charge is 0.388 e. The van der Waals surface area contributed by atoms with Gasteiger partial charge in [-0.15, -0.1) is 5.26 Å². The molecule has 2 aromatic carbocycles. The number of benzene rings is 2. The van der Waals surface area contributed by atoms with Crippen LogP contribution in [0.2, 0.25) is 0 Å². The number of nitrogens with one attached hydrogen (secondary N) is 2. The van der Waals surface area contributed by atoms with E-state index < -0.39 is 0 Å². The van der Waals surface area contributed by atoms with E-state index in [0.29, 0.717) is 5.75 Å². The predicted octanol–water partition coefficient (Wildman–Crippen LogP) is 6.19. The number of nitrogens with zero attached hydrogens (tertiary/aromatic N) is 1. The summed E-state index contributed by atoms with van der Waals surface area (Å²) in [5, 5.41) is 14.1. The molecule has 2 amide bonds. The van der Waals surface area contributed by atoms with E-state index in [1.807, 2.05) is 58.0 Å². The van der Waals surface area contributed by atoms with Crippen molar-refractivity contribution in [1.82, 2.24) is 5.32 Å². The predicted molar refractivity (Wildman–Crippen MR) is 173 cm³/mol. The SMILES string of the molecule is Cc1cc(C)cc(NC(=O)N[C@@H]2CC/C=C/CC[C@@H]2N)c1.Cc1cc(C)cc(OC#N)c1.N[C@@H]1CC/C=C/CC[C@@H]1N. The van der Waals surface area contributed by atoms with E-state index in [0.717, 1.165) is 79.3 Å². The number of urea groups is 1. The Morgan fingerprint density at radius 1 is 0.714 bits per heavy atom. The summed E-state index contributed by atoms with van der Waals surface area (Å²) in [6, 6.07) is 12.0. The zero-order valence-electron chi connectivity index (χ0n) is 25.7. The number of ether oxygens (including phenoxy) is 1. The number of rotatable bonds is 3. The molecule has 0 fully saturated rings. The molecule has 2 aliphatic carbocycles. The molecule has 0 saturated heterocycles. The van der Waals surface area contributed by atoms with Crippen LogP contribution >= 0.6 is 0 Å². The molecule has 42 heavy (non-hydrogen) atoms. The second-order valence-corrected chi connectivity index (χ2v) is 11.3. The summed E-state index contributed by atoms with van der Waals surface area (Å²) in [6.07, 6.45) is 18.4. The van der Waals surface area contributed by atoms with Gasteiger partial charge in [-0.3, -0.25) is 0 Å². The van der Waals surface area contributed by atoms with Crippen molar-refractivity contribution in [2.45, 2.75) is 103 Å². The van der Waals surface area contributed by atoms with Crippen molar-refractivity contribution in [2.24, 2.45) is 17.2 Å². The van der Waals surface area contributed by atoms with Gasteiger partial charge < -0.3 is 32.6 Å². The van der Waals surface area contributed by atoms with E-state index in [4.69, 9.17) is 22.5 Å². The minimum Gasteiger partial charge on any atom is -0.388 e. The van der Waals surface area contributed by atoms with Crippen LogP contribution in [0, 0.1) is 39.2 Å². The molecule has 228 valence electrons. The van der Waals surface area contributed by atoms with Crippen molar-refractivity contribution in [3.8, 4) is 12.0 Å². The van der Waals surface area contributed by atoms with Gasteiger partial charge in [-0.2, -0.15) is 0 Å². The summed E-state index contributed by atoms with van der Waals surface area (Å²) < 4.78 is 4.67. The van der Waals surface area contributed by atoms with Crippen LogP contribution in [0.15, 0.2) is 60.7 Å². The first-order valence-corrected chi connectivity index (χ1v) is 14.9. The molecule has 0 bridgehead atoms. The van der Waals surface area contributed by atoms with Gasteiger partial charge in [0.2, 0.25) is 0 Å². The summed E-state index contributed by atoms with van der Waals surface area (Å²) in [7, 11) is 0. The van der Waals surface area contributed by atoms with Gasteiger partial charge in [0.1, 0.15) is 5.75 Å². The van der Waals surface area contributed by atoms with Crippen LogP contribution in [0.5, 0.6) is 5.75 Å². The van der Waals surface area contributed by atoms with Crippen molar-refractivity contribution in [3.05, 3.63) is 83.0 Å². The number of carbonyl (C=O) groups is 1. The molecule has 0 heterocycles. The van der Waals surface area contributed by atoms with Crippen LogP contribution in [0.1, 0.15) is 73.6 Å². The number of allylic oxidation sites excluding steroid dienone is 4. The van der Waals surface area contributed by atoms with Gasteiger partial charge in [0.05, 0.1) is 0 Å². The monoisotopic (exact) mass is 574 g/mol. The molecule has 4 rings (SSSR count). The fourth-order valence-corrected chi connectivity index (χ4v) is 5.06. The highest BCUT2D eigenvalue weighted by atomic mass is 16.5. The minimum atomic E-state index is -0.176. The molecule has 0 spiro atoms. The van der Waals surface area contributed by atoms with Gasteiger partial charge in [0.25, 0.3) is 6.26 Å². The van der Waals surface area contributed by atoms with Crippen molar-refractivity contribution >= 4 is 11.7 Å². The quantitative estimate of drug-likeness (QED) is 0.218. The molecule has 8 nitrogen and oxygen atoms in total.